The zero-order valence-electron chi connectivity index (χ0n) is 6.99. The predicted octanol–water partition coefficient (Wildman–Crippen LogP) is 1.26. The first-order chi connectivity index (χ1) is 5.88. The summed E-state index contributed by atoms with van der Waals surface area (Å²) in [7, 11) is 1.85. The van der Waals surface area contributed by atoms with E-state index in [1.54, 1.807) is 12.4 Å². The van der Waals surface area contributed by atoms with E-state index >= 15 is 0 Å². The second-order valence-corrected chi connectivity index (χ2v) is 2.48. The fourth-order valence-corrected chi connectivity index (χ4v) is 1.07. The highest BCUT2D eigenvalue weighted by molar-refractivity contribution is 5.15. The molecule has 1 atom stereocenters. The van der Waals surface area contributed by atoms with Gasteiger partial charge in [-0.3, -0.25) is 4.98 Å². The van der Waals surface area contributed by atoms with Crippen LogP contribution in [0.5, 0.6) is 0 Å². The highest BCUT2D eigenvalue weighted by Gasteiger charge is 2.06. The minimum atomic E-state index is 0.123. The van der Waals surface area contributed by atoms with E-state index < -0.39 is 0 Å². The number of hydrogen-bond donors (Lipinski definition) is 1. The average Bonchev–Trinajstić information content (AvgIpc) is 2.15. The molecule has 0 saturated heterocycles. The van der Waals surface area contributed by atoms with Crippen LogP contribution in [0.3, 0.4) is 0 Å². The van der Waals surface area contributed by atoms with Crippen LogP contribution in [0.2, 0.25) is 0 Å². The Morgan fingerprint density at radius 3 is 2.75 bits per heavy atom. The summed E-state index contributed by atoms with van der Waals surface area (Å²) < 4.78 is 0. The zero-order valence-corrected chi connectivity index (χ0v) is 6.99. The number of nitrogens with one attached hydrogen (secondary N) is 1. The molecule has 3 nitrogen and oxygen atoms in total. The molecular weight excluding hydrogens is 150 g/mol. The summed E-state index contributed by atoms with van der Waals surface area (Å²) >= 11 is 0. The molecule has 1 unspecified atom stereocenters. The molecule has 0 aliphatic carbocycles. The van der Waals surface area contributed by atoms with Crippen molar-refractivity contribution in [2.75, 3.05) is 7.05 Å². The number of nitrogens with zero attached hydrogens (tertiary/aromatic N) is 2. The molecule has 0 amide bonds. The van der Waals surface area contributed by atoms with Gasteiger partial charge in [0.15, 0.2) is 0 Å². The average molecular weight is 161 g/mol. The molecule has 0 aliphatic heterocycles. The summed E-state index contributed by atoms with van der Waals surface area (Å²) in [6.07, 6.45) is 3.95. The molecule has 1 heterocycles. The van der Waals surface area contributed by atoms with Crippen LogP contribution < -0.4 is 5.32 Å². The van der Waals surface area contributed by atoms with Crippen LogP contribution in [-0.4, -0.2) is 12.0 Å². The molecule has 0 aliphatic rings. The molecule has 1 aromatic heterocycles. The minimum Gasteiger partial charge on any atom is -0.312 e. The van der Waals surface area contributed by atoms with Crippen LogP contribution in [0.4, 0.5) is 0 Å². The van der Waals surface area contributed by atoms with Gasteiger partial charge in [0.2, 0.25) is 0 Å². The van der Waals surface area contributed by atoms with Crippen molar-refractivity contribution in [1.29, 1.82) is 5.26 Å². The quantitative estimate of drug-likeness (QED) is 0.726. The van der Waals surface area contributed by atoms with E-state index in [4.69, 9.17) is 5.26 Å². The van der Waals surface area contributed by atoms with Crippen molar-refractivity contribution in [3.63, 3.8) is 0 Å². The van der Waals surface area contributed by atoms with Crippen LogP contribution in [0.25, 0.3) is 0 Å². The molecule has 1 aromatic rings. The van der Waals surface area contributed by atoms with E-state index in [1.807, 2.05) is 19.2 Å². The minimum absolute atomic E-state index is 0.123. The lowest BCUT2D eigenvalue weighted by Gasteiger charge is -2.11. The van der Waals surface area contributed by atoms with Gasteiger partial charge in [-0.25, -0.2) is 0 Å². The molecule has 3 heteroatoms. The van der Waals surface area contributed by atoms with Gasteiger partial charge in [-0.1, -0.05) is 0 Å². The van der Waals surface area contributed by atoms with Gasteiger partial charge in [-0.05, 0) is 24.7 Å². The highest BCUT2D eigenvalue weighted by atomic mass is 14.9. The maximum atomic E-state index is 8.52. The zero-order chi connectivity index (χ0) is 8.81. The maximum Gasteiger partial charge on any atom is 0.0641 e. The SMILES string of the molecule is CNC(CC#N)c1ccncc1. The van der Waals surface area contributed by atoms with Gasteiger partial charge in [0.1, 0.15) is 0 Å². The first-order valence-corrected chi connectivity index (χ1v) is 3.82. The van der Waals surface area contributed by atoms with Crippen molar-refractivity contribution in [1.82, 2.24) is 10.3 Å². The normalized spacial score (nSPS) is 12.0. The van der Waals surface area contributed by atoms with E-state index in [-0.39, 0.29) is 6.04 Å². The van der Waals surface area contributed by atoms with Crippen LogP contribution in [0.15, 0.2) is 24.5 Å². The predicted molar refractivity (Wildman–Crippen MR) is 46.3 cm³/mol. The third-order valence-electron chi connectivity index (χ3n) is 1.75. The summed E-state index contributed by atoms with van der Waals surface area (Å²) in [5.41, 5.74) is 1.11. The highest BCUT2D eigenvalue weighted by Crippen LogP contribution is 2.13. The Kier molecular flexibility index (Phi) is 3.24. The summed E-state index contributed by atoms with van der Waals surface area (Å²) in [5.74, 6) is 0. The second-order valence-electron chi connectivity index (χ2n) is 2.48. The van der Waals surface area contributed by atoms with Crippen molar-refractivity contribution in [2.45, 2.75) is 12.5 Å². The van der Waals surface area contributed by atoms with Gasteiger partial charge < -0.3 is 5.32 Å². The Labute approximate surface area is 72.1 Å². The number of pyridine rings is 1. The third-order valence-corrected chi connectivity index (χ3v) is 1.75. The lowest BCUT2D eigenvalue weighted by molar-refractivity contribution is 0.608. The van der Waals surface area contributed by atoms with Gasteiger partial charge in [-0.2, -0.15) is 5.26 Å². The van der Waals surface area contributed by atoms with Gasteiger partial charge in [0.05, 0.1) is 12.5 Å². The van der Waals surface area contributed by atoms with Crippen molar-refractivity contribution >= 4 is 0 Å². The Hall–Kier alpha value is -1.40. The monoisotopic (exact) mass is 161 g/mol. The smallest absolute Gasteiger partial charge is 0.0641 e. The van der Waals surface area contributed by atoms with Gasteiger partial charge in [-0.15, -0.1) is 0 Å². The molecule has 62 valence electrons. The van der Waals surface area contributed by atoms with E-state index in [9.17, 15) is 0 Å². The molecule has 0 spiro atoms. The number of rotatable bonds is 3. The molecular formula is C9H11N3. The molecule has 1 N–H and O–H groups in total. The Bertz CT molecular complexity index is 263. The number of hydrogen-bond acceptors (Lipinski definition) is 3. The molecule has 12 heavy (non-hydrogen) atoms. The number of aromatic nitrogens is 1. The van der Waals surface area contributed by atoms with Crippen LogP contribution in [0.1, 0.15) is 18.0 Å². The molecule has 0 fully saturated rings. The van der Waals surface area contributed by atoms with E-state index in [0.717, 1.165) is 5.56 Å². The van der Waals surface area contributed by atoms with Crippen molar-refractivity contribution in [2.24, 2.45) is 0 Å². The summed E-state index contributed by atoms with van der Waals surface area (Å²) in [4.78, 5) is 3.91. The van der Waals surface area contributed by atoms with Gasteiger partial charge in [0, 0.05) is 18.4 Å². The van der Waals surface area contributed by atoms with Crippen molar-refractivity contribution in [3.8, 4) is 6.07 Å². The topological polar surface area (TPSA) is 48.7 Å². The van der Waals surface area contributed by atoms with E-state index in [1.165, 1.54) is 0 Å². The molecule has 0 saturated carbocycles. The lowest BCUT2D eigenvalue weighted by Crippen LogP contribution is -2.15. The first kappa shape index (κ1) is 8.69. The van der Waals surface area contributed by atoms with Crippen molar-refractivity contribution < 1.29 is 0 Å². The standard InChI is InChI=1S/C9H11N3/c1-11-9(2-5-10)8-3-6-12-7-4-8/h3-4,6-7,9,11H,2H2,1H3. The van der Waals surface area contributed by atoms with Gasteiger partial charge in [0.25, 0.3) is 0 Å². The summed E-state index contributed by atoms with van der Waals surface area (Å²) in [6.45, 7) is 0. The van der Waals surface area contributed by atoms with Crippen LogP contribution in [0, 0.1) is 11.3 Å². The Morgan fingerprint density at radius 2 is 2.25 bits per heavy atom. The summed E-state index contributed by atoms with van der Waals surface area (Å²) in [5, 5.41) is 11.6. The lowest BCUT2D eigenvalue weighted by atomic mass is 10.1. The van der Waals surface area contributed by atoms with Gasteiger partial charge >= 0.3 is 0 Å². The Balaban J connectivity index is 2.75. The first-order valence-electron chi connectivity index (χ1n) is 3.82. The van der Waals surface area contributed by atoms with Crippen LogP contribution in [-0.2, 0) is 0 Å². The fraction of sp³-hybridized carbons (Fsp3) is 0.333. The number of nitriles is 1. The third kappa shape index (κ3) is 2.04. The van der Waals surface area contributed by atoms with Crippen LogP contribution >= 0.6 is 0 Å². The maximum absolute atomic E-state index is 8.52. The van der Waals surface area contributed by atoms with E-state index in [2.05, 4.69) is 16.4 Å². The molecule has 0 radical (unpaired) electrons. The van der Waals surface area contributed by atoms with E-state index in [0.29, 0.717) is 6.42 Å². The second kappa shape index (κ2) is 4.47. The Morgan fingerprint density at radius 1 is 1.58 bits per heavy atom. The fourth-order valence-electron chi connectivity index (χ4n) is 1.07. The largest absolute Gasteiger partial charge is 0.312 e. The molecule has 0 bridgehead atoms. The molecule has 0 aromatic carbocycles. The van der Waals surface area contributed by atoms with Crippen molar-refractivity contribution in [3.05, 3.63) is 30.1 Å². The summed E-state index contributed by atoms with van der Waals surface area (Å²) in [6, 6.07) is 6.09. The molecule has 1 rings (SSSR count).